The molecule has 0 aliphatic heterocycles. The van der Waals surface area contributed by atoms with Crippen molar-refractivity contribution >= 4 is 22.5 Å². The van der Waals surface area contributed by atoms with Gasteiger partial charge in [0.15, 0.2) is 0 Å². The van der Waals surface area contributed by atoms with Crippen LogP contribution in [0, 0.1) is 0 Å². The summed E-state index contributed by atoms with van der Waals surface area (Å²) in [4.78, 5) is 0. The summed E-state index contributed by atoms with van der Waals surface area (Å²) in [6, 6.07) is 10.7. The second-order valence-electron chi connectivity index (χ2n) is 6.16. The molecule has 90 valence electrons. The zero-order chi connectivity index (χ0) is 12.4. The minimum atomic E-state index is -1.47. The molecule has 17 heavy (non-hydrogen) atoms. The largest absolute Gasteiger partial charge is 1.00 e. The third kappa shape index (κ3) is 6.08. The molecule has 0 heterocycles. The van der Waals surface area contributed by atoms with E-state index < -0.39 is 17.4 Å². The standard InChI is InChI=1S/C13H23OSi2.Li/c1-13(2,3)15(14-16(4,5)6)12-10-8-7-9-11-12;/h7-11H,1-6H3;/q-1;+1. The fraction of sp³-hybridized carbons (Fsp3) is 0.538. The minimum absolute atomic E-state index is 0. The first-order valence-electron chi connectivity index (χ1n) is 5.82. The maximum absolute atomic E-state index is 6.43. The molecule has 0 N–H and O–H groups in total. The SMILES string of the molecule is CC(C)(C)[Si-](O[Si](C)(C)C)c1ccccc1.[Li+]. The monoisotopic (exact) mass is 258 g/mol. The Kier molecular flexibility index (Phi) is 6.48. The third-order valence-corrected chi connectivity index (χ3v) is 7.61. The first-order valence-corrected chi connectivity index (χ1v) is 10.6. The maximum atomic E-state index is 6.43. The van der Waals surface area contributed by atoms with E-state index in [0.29, 0.717) is 0 Å². The Morgan fingerprint density at radius 1 is 1.00 bits per heavy atom. The van der Waals surface area contributed by atoms with E-state index in [4.69, 9.17) is 4.12 Å². The predicted octanol–water partition coefficient (Wildman–Crippen LogP) is 0.541. The van der Waals surface area contributed by atoms with Crippen molar-refractivity contribution < 1.29 is 23.0 Å². The number of hydrogen-bond donors (Lipinski definition) is 0. The van der Waals surface area contributed by atoms with E-state index in [1.54, 1.807) is 0 Å². The number of rotatable bonds is 3. The maximum Gasteiger partial charge on any atom is 1.00 e. The van der Waals surface area contributed by atoms with Crippen molar-refractivity contribution in [3.8, 4) is 0 Å². The molecule has 0 atom stereocenters. The van der Waals surface area contributed by atoms with E-state index in [9.17, 15) is 0 Å². The van der Waals surface area contributed by atoms with Crippen LogP contribution in [0.3, 0.4) is 0 Å². The van der Waals surface area contributed by atoms with Crippen LogP contribution in [0.4, 0.5) is 0 Å². The summed E-state index contributed by atoms with van der Waals surface area (Å²) in [6.45, 7) is 13.7. The van der Waals surface area contributed by atoms with Crippen LogP contribution in [0.2, 0.25) is 24.7 Å². The van der Waals surface area contributed by atoms with Gasteiger partial charge < -0.3 is 4.12 Å². The fourth-order valence-corrected chi connectivity index (χ4v) is 7.05. The summed E-state index contributed by atoms with van der Waals surface area (Å²) in [5, 5.41) is 1.63. The van der Waals surface area contributed by atoms with Crippen LogP contribution >= 0.6 is 0 Å². The molecular formula is C13H23LiOSi2. The van der Waals surface area contributed by atoms with Crippen molar-refractivity contribution in [1.29, 1.82) is 0 Å². The second kappa shape index (κ2) is 6.40. The zero-order valence-electron chi connectivity index (χ0n) is 12.3. The molecule has 0 fully saturated rings. The molecule has 0 bridgehead atoms. The molecule has 0 unspecified atom stereocenters. The molecule has 1 nitrogen and oxygen atoms in total. The Labute approximate surface area is 121 Å². The summed E-state index contributed by atoms with van der Waals surface area (Å²) >= 11 is 0. The summed E-state index contributed by atoms with van der Waals surface area (Å²) in [5.74, 6) is 0. The number of hydrogen-bond acceptors (Lipinski definition) is 1. The van der Waals surface area contributed by atoms with Gasteiger partial charge in [-0.05, 0) is 19.6 Å². The van der Waals surface area contributed by atoms with Crippen molar-refractivity contribution in [2.45, 2.75) is 45.5 Å². The third-order valence-electron chi connectivity index (χ3n) is 2.13. The normalized spacial score (nSPS) is 11.9. The van der Waals surface area contributed by atoms with Gasteiger partial charge in [-0.3, -0.25) is 0 Å². The van der Waals surface area contributed by atoms with Crippen molar-refractivity contribution in [1.82, 2.24) is 0 Å². The minimum Gasteiger partial charge on any atom is -0.605 e. The van der Waals surface area contributed by atoms with E-state index in [2.05, 4.69) is 70.7 Å². The van der Waals surface area contributed by atoms with Gasteiger partial charge in [-0.2, -0.15) is 14.2 Å². The summed E-state index contributed by atoms with van der Waals surface area (Å²) in [7, 11) is -2.40. The van der Waals surface area contributed by atoms with Crippen LogP contribution in [0.25, 0.3) is 0 Å². The first kappa shape index (κ1) is 17.2. The Hall–Kier alpha value is 0.211. The van der Waals surface area contributed by atoms with Gasteiger partial charge in [0.1, 0.15) is 8.32 Å². The molecule has 0 aliphatic rings. The molecule has 4 heteroatoms. The quantitative estimate of drug-likeness (QED) is 0.719. The van der Waals surface area contributed by atoms with Crippen molar-refractivity contribution in [2.75, 3.05) is 0 Å². The van der Waals surface area contributed by atoms with Gasteiger partial charge in [0.25, 0.3) is 0 Å². The summed E-state index contributed by atoms with van der Waals surface area (Å²) in [6.07, 6.45) is 0. The van der Waals surface area contributed by atoms with Crippen molar-refractivity contribution in [2.24, 2.45) is 0 Å². The molecule has 0 radical (unpaired) electrons. The van der Waals surface area contributed by atoms with Crippen LogP contribution < -0.4 is 24.0 Å². The van der Waals surface area contributed by atoms with Gasteiger partial charge in [0, 0.05) is 0 Å². The summed E-state index contributed by atoms with van der Waals surface area (Å²) < 4.78 is 6.43. The van der Waals surface area contributed by atoms with Crippen LogP contribution in [0.1, 0.15) is 20.8 Å². The van der Waals surface area contributed by atoms with Gasteiger partial charge in [-0.15, -0.1) is 5.04 Å². The van der Waals surface area contributed by atoms with Crippen LogP contribution in [-0.2, 0) is 4.12 Å². The predicted molar refractivity (Wildman–Crippen MR) is 76.0 cm³/mol. The van der Waals surface area contributed by atoms with Gasteiger partial charge in [0.2, 0.25) is 0 Å². The van der Waals surface area contributed by atoms with Gasteiger partial charge >= 0.3 is 18.9 Å². The van der Waals surface area contributed by atoms with Crippen molar-refractivity contribution in [3.05, 3.63) is 30.3 Å². The number of benzene rings is 1. The van der Waals surface area contributed by atoms with Gasteiger partial charge in [-0.1, -0.05) is 51.1 Å². The molecule has 0 aliphatic carbocycles. The van der Waals surface area contributed by atoms with E-state index in [1.165, 1.54) is 5.19 Å². The van der Waals surface area contributed by atoms with Crippen molar-refractivity contribution in [3.63, 3.8) is 0 Å². The second-order valence-corrected chi connectivity index (χ2v) is 13.9. The van der Waals surface area contributed by atoms with Gasteiger partial charge in [-0.25, -0.2) is 0 Å². The molecule has 0 aromatic heterocycles. The smallest absolute Gasteiger partial charge is 0.605 e. The molecule has 0 amide bonds. The molecular weight excluding hydrogens is 235 g/mol. The van der Waals surface area contributed by atoms with E-state index >= 15 is 0 Å². The Balaban J connectivity index is 0.00000256. The first-order chi connectivity index (χ1) is 7.20. The van der Waals surface area contributed by atoms with Crippen LogP contribution in [0.15, 0.2) is 30.3 Å². The average Bonchev–Trinajstić information content (AvgIpc) is 2.13. The molecule has 1 aromatic rings. The average molecular weight is 258 g/mol. The molecule has 1 rings (SSSR count). The Morgan fingerprint density at radius 3 is 1.82 bits per heavy atom. The molecule has 1 aromatic carbocycles. The fourth-order valence-electron chi connectivity index (χ4n) is 1.54. The van der Waals surface area contributed by atoms with E-state index in [0.717, 1.165) is 0 Å². The molecule has 0 saturated carbocycles. The van der Waals surface area contributed by atoms with Gasteiger partial charge in [0.05, 0.1) is 0 Å². The molecule has 0 saturated heterocycles. The van der Waals surface area contributed by atoms with Crippen LogP contribution in [0.5, 0.6) is 0 Å². The topological polar surface area (TPSA) is 9.23 Å². The summed E-state index contributed by atoms with van der Waals surface area (Å²) in [5.41, 5.74) is 0. The van der Waals surface area contributed by atoms with Crippen LogP contribution in [-0.4, -0.2) is 17.4 Å². The Morgan fingerprint density at radius 2 is 1.47 bits per heavy atom. The van der Waals surface area contributed by atoms with E-state index in [-0.39, 0.29) is 23.9 Å². The Bertz CT molecular complexity index is 328. The van der Waals surface area contributed by atoms with E-state index in [1.807, 2.05) is 0 Å². The zero-order valence-corrected chi connectivity index (χ0v) is 14.3. The molecule has 0 spiro atoms.